The van der Waals surface area contributed by atoms with Gasteiger partial charge in [-0.2, -0.15) is 0 Å². The molecule has 0 spiro atoms. The smallest absolute Gasteiger partial charge is 0.170 e. The molecule has 0 amide bonds. The number of ether oxygens (including phenoxy) is 1. The summed E-state index contributed by atoms with van der Waals surface area (Å²) in [5.41, 5.74) is 1.21. The molecule has 0 fully saturated rings. The van der Waals surface area contributed by atoms with Gasteiger partial charge in [-0.25, -0.2) is 0 Å². The van der Waals surface area contributed by atoms with Gasteiger partial charge in [0.1, 0.15) is 5.75 Å². The van der Waals surface area contributed by atoms with Crippen molar-refractivity contribution in [3.63, 3.8) is 0 Å². The number of hydrogen-bond acceptors (Lipinski definition) is 2. The molecule has 1 aliphatic heterocycles. The van der Waals surface area contributed by atoms with E-state index in [2.05, 4.69) is 24.3 Å². The highest BCUT2D eigenvalue weighted by Gasteiger charge is 2.24. The van der Waals surface area contributed by atoms with Crippen LogP contribution in [0.5, 0.6) is 5.75 Å². The fraction of sp³-hybridized carbons (Fsp3) is 0.267. The second-order valence-corrected chi connectivity index (χ2v) is 4.53. The van der Waals surface area contributed by atoms with Crippen molar-refractivity contribution in [2.45, 2.75) is 25.9 Å². The van der Waals surface area contributed by atoms with E-state index in [0.717, 1.165) is 29.4 Å². The lowest BCUT2D eigenvalue weighted by molar-refractivity contribution is -0.124. The quantitative estimate of drug-likeness (QED) is 0.746. The van der Waals surface area contributed by atoms with Crippen LogP contribution in [-0.2, 0) is 11.2 Å². The Balaban J connectivity index is 2.15. The Kier molecular flexibility index (Phi) is 2.36. The maximum Gasteiger partial charge on any atom is 0.170 e. The average Bonchev–Trinajstić information content (AvgIpc) is 2.38. The molecule has 1 aliphatic rings. The lowest BCUT2D eigenvalue weighted by atomic mass is 9.97. The zero-order valence-electron chi connectivity index (χ0n) is 9.77. The molecule has 2 nitrogen and oxygen atoms in total. The van der Waals surface area contributed by atoms with Gasteiger partial charge in [-0.1, -0.05) is 36.4 Å². The van der Waals surface area contributed by atoms with Crippen LogP contribution in [-0.4, -0.2) is 11.9 Å². The monoisotopic (exact) mass is 226 g/mol. The van der Waals surface area contributed by atoms with E-state index in [1.54, 1.807) is 6.92 Å². The molecule has 3 rings (SSSR count). The zero-order chi connectivity index (χ0) is 11.8. The van der Waals surface area contributed by atoms with E-state index in [-0.39, 0.29) is 11.9 Å². The minimum Gasteiger partial charge on any atom is -0.482 e. The molecule has 0 saturated heterocycles. The minimum absolute atomic E-state index is 0.114. The van der Waals surface area contributed by atoms with Gasteiger partial charge in [-0.05, 0) is 30.7 Å². The van der Waals surface area contributed by atoms with Gasteiger partial charge in [0.25, 0.3) is 0 Å². The molecule has 0 aromatic heterocycles. The van der Waals surface area contributed by atoms with Crippen molar-refractivity contribution in [2.75, 3.05) is 0 Å². The van der Waals surface area contributed by atoms with Crippen LogP contribution >= 0.6 is 0 Å². The molecular weight excluding hydrogens is 212 g/mol. The molecule has 2 aromatic carbocycles. The third kappa shape index (κ3) is 1.70. The largest absolute Gasteiger partial charge is 0.482 e. The van der Waals surface area contributed by atoms with Crippen LogP contribution in [0.2, 0.25) is 0 Å². The van der Waals surface area contributed by atoms with Crippen LogP contribution in [0.4, 0.5) is 0 Å². The highest BCUT2D eigenvalue weighted by Crippen LogP contribution is 2.35. The first kappa shape index (κ1) is 10.3. The number of Topliss-reactive ketones (excluding diaryl/α,β-unsaturated/α-hetero) is 1. The van der Waals surface area contributed by atoms with Crippen molar-refractivity contribution in [1.82, 2.24) is 0 Å². The van der Waals surface area contributed by atoms with E-state index in [0.29, 0.717) is 0 Å². The lowest BCUT2D eigenvalue weighted by Gasteiger charge is -2.25. The summed E-state index contributed by atoms with van der Waals surface area (Å²) < 4.78 is 5.86. The molecule has 1 atom stereocenters. The zero-order valence-corrected chi connectivity index (χ0v) is 9.77. The molecule has 0 saturated carbocycles. The van der Waals surface area contributed by atoms with Crippen LogP contribution in [0.25, 0.3) is 10.8 Å². The first-order chi connectivity index (χ1) is 8.25. The van der Waals surface area contributed by atoms with Crippen LogP contribution in [0.1, 0.15) is 18.9 Å². The summed E-state index contributed by atoms with van der Waals surface area (Å²) in [5.74, 6) is 1.01. The third-order valence-electron chi connectivity index (χ3n) is 3.35. The van der Waals surface area contributed by atoms with Crippen molar-refractivity contribution >= 4 is 16.6 Å². The van der Waals surface area contributed by atoms with E-state index in [9.17, 15) is 4.79 Å². The maximum atomic E-state index is 11.4. The van der Waals surface area contributed by atoms with Crippen molar-refractivity contribution in [1.29, 1.82) is 0 Å². The molecule has 2 heteroatoms. The molecule has 86 valence electrons. The van der Waals surface area contributed by atoms with Crippen LogP contribution < -0.4 is 4.74 Å². The SMILES string of the molecule is CC(=O)C1CCc2ccc3ccccc3c2O1. The second kappa shape index (κ2) is 3.88. The van der Waals surface area contributed by atoms with E-state index in [1.807, 2.05) is 12.1 Å². The van der Waals surface area contributed by atoms with Crippen LogP contribution in [0.3, 0.4) is 0 Å². The number of benzene rings is 2. The number of ketones is 1. The minimum atomic E-state index is -0.270. The Morgan fingerprint density at radius 1 is 1.24 bits per heavy atom. The Morgan fingerprint density at radius 3 is 2.88 bits per heavy atom. The van der Waals surface area contributed by atoms with Gasteiger partial charge < -0.3 is 4.74 Å². The van der Waals surface area contributed by atoms with Gasteiger partial charge in [-0.15, -0.1) is 0 Å². The molecular formula is C15H14O2. The third-order valence-corrected chi connectivity index (χ3v) is 3.35. The van der Waals surface area contributed by atoms with Crippen molar-refractivity contribution in [3.8, 4) is 5.75 Å². The number of rotatable bonds is 1. The second-order valence-electron chi connectivity index (χ2n) is 4.53. The average molecular weight is 226 g/mol. The summed E-state index contributed by atoms with van der Waals surface area (Å²) in [7, 11) is 0. The summed E-state index contributed by atoms with van der Waals surface area (Å²) in [6.07, 6.45) is 1.44. The van der Waals surface area contributed by atoms with Crippen LogP contribution in [0, 0.1) is 0 Å². The number of hydrogen-bond donors (Lipinski definition) is 0. The van der Waals surface area contributed by atoms with E-state index in [4.69, 9.17) is 4.74 Å². The lowest BCUT2D eigenvalue weighted by Crippen LogP contribution is -2.29. The highest BCUT2D eigenvalue weighted by atomic mass is 16.5. The number of carbonyl (C=O) groups excluding carboxylic acids is 1. The van der Waals surface area contributed by atoms with Gasteiger partial charge in [0.15, 0.2) is 11.9 Å². The standard InChI is InChI=1S/C15H14O2/c1-10(16)14-9-8-12-7-6-11-4-2-3-5-13(11)15(12)17-14/h2-7,14H,8-9H2,1H3. The van der Waals surface area contributed by atoms with Gasteiger partial charge >= 0.3 is 0 Å². The van der Waals surface area contributed by atoms with Gasteiger partial charge in [-0.3, -0.25) is 4.79 Å². The van der Waals surface area contributed by atoms with Gasteiger partial charge in [0, 0.05) is 5.39 Å². The summed E-state index contributed by atoms with van der Waals surface area (Å²) in [4.78, 5) is 11.4. The molecule has 17 heavy (non-hydrogen) atoms. The summed E-state index contributed by atoms with van der Waals surface area (Å²) in [6, 6.07) is 12.4. The molecule has 0 aliphatic carbocycles. The topological polar surface area (TPSA) is 26.3 Å². The first-order valence-electron chi connectivity index (χ1n) is 5.93. The normalized spacial score (nSPS) is 18.5. The van der Waals surface area contributed by atoms with Crippen LogP contribution in [0.15, 0.2) is 36.4 Å². The summed E-state index contributed by atoms with van der Waals surface area (Å²) >= 11 is 0. The summed E-state index contributed by atoms with van der Waals surface area (Å²) in [6.45, 7) is 1.60. The molecule has 2 aromatic rings. The fourth-order valence-corrected chi connectivity index (χ4v) is 2.40. The van der Waals surface area contributed by atoms with Crippen molar-refractivity contribution in [2.24, 2.45) is 0 Å². The molecule has 0 N–H and O–H groups in total. The van der Waals surface area contributed by atoms with E-state index >= 15 is 0 Å². The number of fused-ring (bicyclic) bond motifs is 3. The Morgan fingerprint density at radius 2 is 2.06 bits per heavy atom. The van der Waals surface area contributed by atoms with Gasteiger partial charge in [0.2, 0.25) is 0 Å². The highest BCUT2D eigenvalue weighted by molar-refractivity contribution is 5.91. The van der Waals surface area contributed by atoms with Gasteiger partial charge in [0.05, 0.1) is 0 Å². The van der Waals surface area contributed by atoms with Crippen molar-refractivity contribution < 1.29 is 9.53 Å². The molecule has 1 unspecified atom stereocenters. The predicted molar refractivity (Wildman–Crippen MR) is 67.4 cm³/mol. The molecule has 0 radical (unpaired) electrons. The van der Waals surface area contributed by atoms with E-state index < -0.39 is 0 Å². The Hall–Kier alpha value is -1.83. The van der Waals surface area contributed by atoms with Crippen molar-refractivity contribution in [3.05, 3.63) is 42.0 Å². The first-order valence-corrected chi connectivity index (χ1v) is 5.93. The Bertz CT molecular complexity index is 586. The number of carbonyl (C=O) groups is 1. The molecule has 0 bridgehead atoms. The number of aryl methyl sites for hydroxylation is 1. The fourth-order valence-electron chi connectivity index (χ4n) is 2.40. The van der Waals surface area contributed by atoms with E-state index in [1.165, 1.54) is 5.56 Å². The molecule has 1 heterocycles. The Labute approximate surface area is 100 Å². The predicted octanol–water partition coefficient (Wildman–Crippen LogP) is 3.12. The maximum absolute atomic E-state index is 11.4. The summed E-state index contributed by atoms with van der Waals surface area (Å²) in [5, 5.41) is 2.27.